The van der Waals surface area contributed by atoms with Crippen molar-refractivity contribution >= 4 is 17.3 Å². The molecular formula is C15H12F3N3O. The molecule has 1 aromatic carbocycles. The molecule has 4 nitrogen and oxygen atoms in total. The van der Waals surface area contributed by atoms with Crippen molar-refractivity contribution in [3.05, 3.63) is 66.3 Å². The average Bonchev–Trinajstić information content (AvgIpc) is 2.53. The maximum absolute atomic E-state index is 13.6. The molecule has 0 unspecified atom stereocenters. The van der Waals surface area contributed by atoms with Gasteiger partial charge >= 0.3 is 0 Å². The summed E-state index contributed by atoms with van der Waals surface area (Å²) >= 11 is 0. The Morgan fingerprint density at radius 2 is 2.00 bits per heavy atom. The third-order valence-electron chi connectivity index (χ3n) is 2.71. The summed E-state index contributed by atoms with van der Waals surface area (Å²) in [5.41, 5.74) is 0.154. The minimum absolute atomic E-state index is 0.0924. The Kier molecular flexibility index (Phi) is 4.77. The molecule has 1 amide bonds. The molecule has 0 spiro atoms. The molecule has 0 saturated carbocycles. The summed E-state index contributed by atoms with van der Waals surface area (Å²) in [5.74, 6) is -4.62. The zero-order chi connectivity index (χ0) is 16.1. The normalized spacial score (nSPS) is 10.1. The molecule has 7 heteroatoms. The van der Waals surface area contributed by atoms with E-state index < -0.39 is 23.4 Å². The largest absolute Gasteiger partial charge is 0.353 e. The summed E-state index contributed by atoms with van der Waals surface area (Å²) in [5, 5.41) is 5.11. The van der Waals surface area contributed by atoms with Crippen LogP contribution in [0.1, 0.15) is 10.5 Å². The number of carbonyl (C=O) groups excluding carboxylic acids is 1. The molecule has 0 fully saturated rings. The zero-order valence-electron chi connectivity index (χ0n) is 11.4. The predicted octanol–water partition coefficient (Wildman–Crippen LogP) is 3.16. The minimum atomic E-state index is -1.57. The summed E-state index contributed by atoms with van der Waals surface area (Å²) < 4.78 is 39.6. The van der Waals surface area contributed by atoms with Gasteiger partial charge in [-0.2, -0.15) is 0 Å². The van der Waals surface area contributed by atoms with E-state index in [-0.39, 0.29) is 17.9 Å². The molecule has 1 heterocycles. The van der Waals surface area contributed by atoms with Gasteiger partial charge in [0, 0.05) is 18.4 Å². The Bertz CT molecular complexity index is 719. The molecule has 1 aromatic heterocycles. The number of carbonyl (C=O) groups is 1. The molecular weight excluding hydrogens is 295 g/mol. The first-order chi connectivity index (χ1) is 10.5. The van der Waals surface area contributed by atoms with E-state index in [1.54, 1.807) is 0 Å². The highest BCUT2D eigenvalue weighted by atomic mass is 19.2. The molecule has 0 bridgehead atoms. The van der Waals surface area contributed by atoms with Gasteiger partial charge in [-0.1, -0.05) is 6.08 Å². The van der Waals surface area contributed by atoms with Crippen molar-refractivity contribution in [2.24, 2.45) is 0 Å². The van der Waals surface area contributed by atoms with Crippen LogP contribution in [0.2, 0.25) is 0 Å². The van der Waals surface area contributed by atoms with Gasteiger partial charge in [0.1, 0.15) is 5.69 Å². The van der Waals surface area contributed by atoms with Crippen LogP contribution in [0.15, 0.2) is 43.1 Å². The number of halogens is 3. The fourth-order valence-electron chi connectivity index (χ4n) is 1.67. The van der Waals surface area contributed by atoms with E-state index in [1.807, 2.05) is 0 Å². The number of benzene rings is 1. The average molecular weight is 307 g/mol. The van der Waals surface area contributed by atoms with E-state index in [2.05, 4.69) is 22.2 Å². The molecule has 22 heavy (non-hydrogen) atoms. The van der Waals surface area contributed by atoms with Crippen LogP contribution in [0.25, 0.3) is 0 Å². The molecule has 0 aliphatic heterocycles. The lowest BCUT2D eigenvalue weighted by Crippen LogP contribution is -2.24. The molecule has 0 aliphatic carbocycles. The summed E-state index contributed by atoms with van der Waals surface area (Å²) in [6, 6.07) is 4.69. The van der Waals surface area contributed by atoms with Crippen LogP contribution in [0.5, 0.6) is 0 Å². The van der Waals surface area contributed by atoms with Gasteiger partial charge in [-0.15, -0.1) is 6.58 Å². The highest BCUT2D eigenvalue weighted by Crippen LogP contribution is 2.23. The number of amides is 1. The Morgan fingerprint density at radius 3 is 2.73 bits per heavy atom. The Morgan fingerprint density at radius 1 is 1.23 bits per heavy atom. The van der Waals surface area contributed by atoms with Crippen molar-refractivity contribution in [2.45, 2.75) is 0 Å². The third-order valence-corrected chi connectivity index (χ3v) is 2.71. The maximum atomic E-state index is 13.6. The lowest BCUT2D eigenvalue weighted by Gasteiger charge is -2.09. The van der Waals surface area contributed by atoms with Gasteiger partial charge in [0.2, 0.25) is 0 Å². The third kappa shape index (κ3) is 3.43. The monoisotopic (exact) mass is 307 g/mol. The number of anilines is 2. The van der Waals surface area contributed by atoms with Gasteiger partial charge in [0.25, 0.3) is 5.91 Å². The first-order valence-corrected chi connectivity index (χ1v) is 6.28. The van der Waals surface area contributed by atoms with E-state index >= 15 is 0 Å². The highest BCUT2D eigenvalue weighted by molar-refractivity contribution is 5.93. The predicted molar refractivity (Wildman–Crippen MR) is 76.4 cm³/mol. The van der Waals surface area contributed by atoms with Crippen molar-refractivity contribution in [1.82, 2.24) is 10.3 Å². The Hall–Kier alpha value is -2.83. The van der Waals surface area contributed by atoms with Crippen LogP contribution in [0.4, 0.5) is 24.5 Å². The number of nitrogens with zero attached hydrogens (tertiary/aromatic N) is 1. The quantitative estimate of drug-likeness (QED) is 0.659. The number of nitrogens with one attached hydrogen (secondary N) is 2. The van der Waals surface area contributed by atoms with Crippen LogP contribution < -0.4 is 10.6 Å². The number of hydrogen-bond acceptors (Lipinski definition) is 3. The van der Waals surface area contributed by atoms with E-state index in [0.29, 0.717) is 5.69 Å². The number of pyridine rings is 1. The van der Waals surface area contributed by atoms with E-state index in [0.717, 1.165) is 12.1 Å². The van der Waals surface area contributed by atoms with Crippen LogP contribution >= 0.6 is 0 Å². The SMILES string of the molecule is C=CCNC(=O)c1cc(Nc2ccc(F)c(F)c2F)ccn1. The fraction of sp³-hybridized carbons (Fsp3) is 0.0667. The molecule has 0 radical (unpaired) electrons. The van der Waals surface area contributed by atoms with Crippen LogP contribution in [0.3, 0.4) is 0 Å². The Labute approximate surface area is 124 Å². The van der Waals surface area contributed by atoms with Crippen LogP contribution in [-0.2, 0) is 0 Å². The van der Waals surface area contributed by atoms with E-state index in [1.165, 1.54) is 24.4 Å². The summed E-state index contributed by atoms with van der Waals surface area (Å²) in [7, 11) is 0. The summed E-state index contributed by atoms with van der Waals surface area (Å²) in [6.45, 7) is 3.74. The van der Waals surface area contributed by atoms with Crippen molar-refractivity contribution in [3.63, 3.8) is 0 Å². The van der Waals surface area contributed by atoms with Crippen molar-refractivity contribution in [2.75, 3.05) is 11.9 Å². The van der Waals surface area contributed by atoms with Crippen LogP contribution in [-0.4, -0.2) is 17.4 Å². The van der Waals surface area contributed by atoms with Gasteiger partial charge < -0.3 is 10.6 Å². The summed E-state index contributed by atoms with van der Waals surface area (Å²) in [4.78, 5) is 15.6. The molecule has 2 rings (SSSR count). The van der Waals surface area contributed by atoms with Gasteiger partial charge in [0.05, 0.1) is 5.69 Å². The van der Waals surface area contributed by atoms with Gasteiger partial charge in [-0.05, 0) is 24.3 Å². The second-order valence-electron chi connectivity index (χ2n) is 4.28. The highest BCUT2D eigenvalue weighted by Gasteiger charge is 2.14. The van der Waals surface area contributed by atoms with Crippen molar-refractivity contribution < 1.29 is 18.0 Å². The molecule has 114 valence electrons. The second kappa shape index (κ2) is 6.75. The topological polar surface area (TPSA) is 54.0 Å². The van der Waals surface area contributed by atoms with Crippen molar-refractivity contribution in [3.8, 4) is 0 Å². The number of rotatable bonds is 5. The van der Waals surface area contributed by atoms with Crippen molar-refractivity contribution in [1.29, 1.82) is 0 Å². The number of aromatic nitrogens is 1. The number of hydrogen-bond donors (Lipinski definition) is 2. The first-order valence-electron chi connectivity index (χ1n) is 6.28. The lowest BCUT2D eigenvalue weighted by atomic mass is 10.2. The van der Waals surface area contributed by atoms with Gasteiger partial charge in [0.15, 0.2) is 17.5 Å². The smallest absolute Gasteiger partial charge is 0.270 e. The molecule has 2 N–H and O–H groups in total. The lowest BCUT2D eigenvalue weighted by molar-refractivity contribution is 0.0953. The fourth-order valence-corrected chi connectivity index (χ4v) is 1.67. The van der Waals surface area contributed by atoms with Crippen LogP contribution in [0, 0.1) is 17.5 Å². The maximum Gasteiger partial charge on any atom is 0.270 e. The molecule has 0 atom stereocenters. The molecule has 2 aromatic rings. The first kappa shape index (κ1) is 15.6. The second-order valence-corrected chi connectivity index (χ2v) is 4.28. The molecule has 0 aliphatic rings. The standard InChI is InChI=1S/C15H12F3N3O/c1-2-6-20-15(22)12-8-9(5-7-19-12)21-11-4-3-10(16)13(17)14(11)18/h2-5,7-8H,1,6H2,(H,19,21)(H,20,22). The minimum Gasteiger partial charge on any atom is -0.353 e. The zero-order valence-corrected chi connectivity index (χ0v) is 11.4. The Balaban J connectivity index is 2.22. The van der Waals surface area contributed by atoms with E-state index in [4.69, 9.17) is 0 Å². The van der Waals surface area contributed by atoms with E-state index in [9.17, 15) is 18.0 Å². The summed E-state index contributed by atoms with van der Waals surface area (Å²) in [6.07, 6.45) is 2.85. The van der Waals surface area contributed by atoms with Gasteiger partial charge in [-0.3, -0.25) is 9.78 Å². The molecule has 0 saturated heterocycles. The van der Waals surface area contributed by atoms with Gasteiger partial charge in [-0.25, -0.2) is 13.2 Å².